The molecule has 0 spiro atoms. The summed E-state index contributed by atoms with van der Waals surface area (Å²) >= 11 is 0. The minimum atomic E-state index is -0.457. The van der Waals surface area contributed by atoms with Crippen LogP contribution in [0, 0.1) is 11.7 Å². The summed E-state index contributed by atoms with van der Waals surface area (Å²) in [7, 11) is 1.59. The molecule has 7 heteroatoms. The van der Waals surface area contributed by atoms with Crippen molar-refractivity contribution in [2.45, 2.75) is 6.42 Å². The second-order valence-corrected chi connectivity index (χ2v) is 6.26. The van der Waals surface area contributed by atoms with Gasteiger partial charge in [0, 0.05) is 18.7 Å². The van der Waals surface area contributed by atoms with E-state index in [1.165, 1.54) is 18.2 Å². The van der Waals surface area contributed by atoms with Gasteiger partial charge < -0.3 is 19.7 Å². The molecule has 1 N–H and O–H groups in total. The van der Waals surface area contributed by atoms with E-state index in [1.807, 2.05) is 0 Å². The maximum atomic E-state index is 13.2. The summed E-state index contributed by atoms with van der Waals surface area (Å²) in [6, 6.07) is 12.9. The average molecular weight is 372 g/mol. The highest BCUT2D eigenvalue weighted by molar-refractivity contribution is 5.97. The summed E-state index contributed by atoms with van der Waals surface area (Å²) in [6.45, 7) is 1.05. The third-order valence-electron chi connectivity index (χ3n) is 4.37. The van der Waals surface area contributed by atoms with Crippen molar-refractivity contribution in [2.75, 3.05) is 32.1 Å². The molecule has 0 bridgehead atoms. The quantitative estimate of drug-likeness (QED) is 0.812. The predicted molar refractivity (Wildman–Crippen MR) is 98.2 cm³/mol. The SMILES string of the molecule is COc1ccc(OCCN2CC(C(=O)Nc3cccc(F)c3)CC2=O)cc1. The van der Waals surface area contributed by atoms with Crippen LogP contribution in [-0.2, 0) is 9.59 Å². The van der Waals surface area contributed by atoms with Crippen LogP contribution >= 0.6 is 0 Å². The van der Waals surface area contributed by atoms with Crippen molar-refractivity contribution in [1.29, 1.82) is 0 Å². The molecule has 2 amide bonds. The zero-order valence-electron chi connectivity index (χ0n) is 15.0. The fourth-order valence-corrected chi connectivity index (χ4v) is 2.92. The lowest BCUT2D eigenvalue weighted by Crippen LogP contribution is -2.31. The number of benzene rings is 2. The third-order valence-corrected chi connectivity index (χ3v) is 4.37. The molecule has 3 rings (SSSR count). The lowest BCUT2D eigenvalue weighted by Gasteiger charge is -2.17. The fourth-order valence-electron chi connectivity index (χ4n) is 2.92. The summed E-state index contributed by atoms with van der Waals surface area (Å²) in [5.74, 6) is 0.168. The first kappa shape index (κ1) is 18.7. The highest BCUT2D eigenvalue weighted by Crippen LogP contribution is 2.21. The molecule has 1 heterocycles. The summed E-state index contributed by atoms with van der Waals surface area (Å²) < 4.78 is 23.9. The van der Waals surface area contributed by atoms with Crippen molar-refractivity contribution in [1.82, 2.24) is 4.90 Å². The molecular formula is C20H21FN2O4. The third kappa shape index (κ3) is 4.97. The maximum Gasteiger partial charge on any atom is 0.229 e. The minimum Gasteiger partial charge on any atom is -0.497 e. The van der Waals surface area contributed by atoms with Gasteiger partial charge in [-0.1, -0.05) is 6.07 Å². The fraction of sp³-hybridized carbons (Fsp3) is 0.300. The monoisotopic (exact) mass is 372 g/mol. The number of methoxy groups -OCH3 is 1. The maximum absolute atomic E-state index is 13.2. The van der Waals surface area contributed by atoms with E-state index < -0.39 is 11.7 Å². The number of anilines is 1. The number of carbonyl (C=O) groups excluding carboxylic acids is 2. The Morgan fingerprint density at radius 2 is 1.96 bits per heavy atom. The summed E-state index contributed by atoms with van der Waals surface area (Å²) in [4.78, 5) is 26.1. The van der Waals surface area contributed by atoms with Gasteiger partial charge in [0.05, 0.1) is 19.6 Å². The Labute approximate surface area is 156 Å². The normalized spacial score (nSPS) is 16.3. The van der Waals surface area contributed by atoms with E-state index in [-0.39, 0.29) is 18.2 Å². The van der Waals surface area contributed by atoms with Gasteiger partial charge in [-0.2, -0.15) is 0 Å². The van der Waals surface area contributed by atoms with Crippen molar-refractivity contribution in [3.63, 3.8) is 0 Å². The first-order valence-corrected chi connectivity index (χ1v) is 8.66. The van der Waals surface area contributed by atoms with Crippen LogP contribution in [0.2, 0.25) is 0 Å². The lowest BCUT2D eigenvalue weighted by atomic mass is 10.1. The first-order valence-electron chi connectivity index (χ1n) is 8.66. The van der Waals surface area contributed by atoms with Gasteiger partial charge in [0.15, 0.2) is 0 Å². The van der Waals surface area contributed by atoms with Gasteiger partial charge in [-0.3, -0.25) is 9.59 Å². The van der Waals surface area contributed by atoms with Crippen molar-refractivity contribution >= 4 is 17.5 Å². The van der Waals surface area contributed by atoms with Crippen molar-refractivity contribution in [3.8, 4) is 11.5 Å². The van der Waals surface area contributed by atoms with Crippen LogP contribution in [0.1, 0.15) is 6.42 Å². The molecule has 2 aromatic rings. The van der Waals surface area contributed by atoms with E-state index in [0.717, 1.165) is 5.75 Å². The number of nitrogens with one attached hydrogen (secondary N) is 1. The average Bonchev–Trinajstić information content (AvgIpc) is 3.03. The molecule has 0 radical (unpaired) electrons. The van der Waals surface area contributed by atoms with Gasteiger partial charge in [0.2, 0.25) is 11.8 Å². The molecule has 0 aliphatic carbocycles. The Kier molecular flexibility index (Phi) is 5.90. The first-order chi connectivity index (χ1) is 13.0. The van der Waals surface area contributed by atoms with Gasteiger partial charge in [-0.05, 0) is 42.5 Å². The number of nitrogens with zero attached hydrogens (tertiary/aromatic N) is 1. The topological polar surface area (TPSA) is 67.9 Å². The molecule has 0 saturated carbocycles. The van der Waals surface area contributed by atoms with E-state index >= 15 is 0 Å². The Balaban J connectivity index is 1.47. The second kappa shape index (κ2) is 8.53. The molecule has 6 nitrogen and oxygen atoms in total. The molecule has 1 atom stereocenters. The molecule has 1 aliphatic rings. The molecule has 1 unspecified atom stereocenters. The number of halogens is 1. The number of likely N-dealkylation sites (tertiary alicyclic amines) is 1. The number of ether oxygens (including phenoxy) is 2. The zero-order valence-corrected chi connectivity index (χ0v) is 15.0. The molecule has 1 fully saturated rings. The summed E-state index contributed by atoms with van der Waals surface area (Å²) in [5.41, 5.74) is 0.383. The predicted octanol–water partition coefficient (Wildman–Crippen LogP) is 2.70. The molecule has 2 aromatic carbocycles. The smallest absolute Gasteiger partial charge is 0.229 e. The van der Waals surface area contributed by atoms with Crippen LogP contribution in [0.4, 0.5) is 10.1 Å². The Morgan fingerprint density at radius 1 is 1.22 bits per heavy atom. The number of carbonyl (C=O) groups is 2. The van der Waals surface area contributed by atoms with Gasteiger partial charge >= 0.3 is 0 Å². The van der Waals surface area contributed by atoms with Crippen LogP contribution in [0.15, 0.2) is 48.5 Å². The van der Waals surface area contributed by atoms with Crippen LogP contribution in [0.5, 0.6) is 11.5 Å². The second-order valence-electron chi connectivity index (χ2n) is 6.26. The molecular weight excluding hydrogens is 351 g/mol. The largest absolute Gasteiger partial charge is 0.497 e. The van der Waals surface area contributed by atoms with Crippen molar-refractivity contribution < 1.29 is 23.5 Å². The lowest BCUT2D eigenvalue weighted by molar-refractivity contribution is -0.128. The van der Waals surface area contributed by atoms with Gasteiger partial charge in [-0.25, -0.2) is 4.39 Å². The Morgan fingerprint density at radius 3 is 2.67 bits per heavy atom. The van der Waals surface area contributed by atoms with Crippen LogP contribution in [0.25, 0.3) is 0 Å². The summed E-state index contributed by atoms with van der Waals surface area (Å²) in [6.07, 6.45) is 0.143. The van der Waals surface area contributed by atoms with E-state index in [9.17, 15) is 14.0 Å². The number of hydrogen-bond acceptors (Lipinski definition) is 4. The molecule has 0 aromatic heterocycles. The van der Waals surface area contributed by atoms with Crippen molar-refractivity contribution in [2.24, 2.45) is 5.92 Å². The Hall–Kier alpha value is -3.09. The number of hydrogen-bond donors (Lipinski definition) is 1. The van der Waals surface area contributed by atoms with E-state index in [4.69, 9.17) is 9.47 Å². The molecule has 27 heavy (non-hydrogen) atoms. The van der Waals surface area contributed by atoms with Crippen LogP contribution < -0.4 is 14.8 Å². The molecule has 1 saturated heterocycles. The highest BCUT2D eigenvalue weighted by atomic mass is 19.1. The molecule has 1 aliphatic heterocycles. The highest BCUT2D eigenvalue weighted by Gasteiger charge is 2.34. The minimum absolute atomic E-state index is 0.0901. The van der Waals surface area contributed by atoms with Gasteiger partial charge in [-0.15, -0.1) is 0 Å². The van der Waals surface area contributed by atoms with E-state index in [0.29, 0.717) is 31.1 Å². The van der Waals surface area contributed by atoms with Crippen molar-refractivity contribution in [3.05, 3.63) is 54.3 Å². The zero-order chi connectivity index (χ0) is 19.2. The number of amides is 2. The van der Waals surface area contributed by atoms with Gasteiger partial charge in [0.25, 0.3) is 0 Å². The standard InChI is InChI=1S/C20H21FN2O4/c1-26-17-5-7-18(8-6-17)27-10-9-23-13-14(11-19(23)24)20(25)22-16-4-2-3-15(21)12-16/h2-8,12,14H,9-11,13H2,1H3,(H,22,25). The van der Waals surface area contributed by atoms with Crippen LogP contribution in [0.3, 0.4) is 0 Å². The van der Waals surface area contributed by atoms with E-state index in [1.54, 1.807) is 42.3 Å². The summed E-state index contributed by atoms with van der Waals surface area (Å²) in [5, 5.41) is 2.66. The van der Waals surface area contributed by atoms with E-state index in [2.05, 4.69) is 5.32 Å². The number of rotatable bonds is 7. The van der Waals surface area contributed by atoms with Gasteiger partial charge in [0.1, 0.15) is 23.9 Å². The van der Waals surface area contributed by atoms with Crippen LogP contribution in [-0.4, -0.2) is 43.5 Å². The molecule has 142 valence electrons. The Bertz CT molecular complexity index is 810.